The maximum atomic E-state index is 11.7. The van der Waals surface area contributed by atoms with Crippen molar-refractivity contribution in [2.75, 3.05) is 5.32 Å². The van der Waals surface area contributed by atoms with Gasteiger partial charge in [-0.05, 0) is 29.8 Å². The number of para-hydroxylation sites is 1. The molecule has 1 amide bonds. The Labute approximate surface area is 119 Å². The van der Waals surface area contributed by atoms with Gasteiger partial charge >= 0.3 is 0 Å². The van der Waals surface area contributed by atoms with Crippen LogP contribution in [0.2, 0.25) is 0 Å². The van der Waals surface area contributed by atoms with E-state index in [1.165, 1.54) is 0 Å². The summed E-state index contributed by atoms with van der Waals surface area (Å²) >= 11 is 5.07. The van der Waals surface area contributed by atoms with E-state index in [0.29, 0.717) is 11.5 Å². The van der Waals surface area contributed by atoms with E-state index in [0.717, 1.165) is 5.69 Å². The number of amides is 1. The summed E-state index contributed by atoms with van der Waals surface area (Å²) in [5, 5.41) is 3.30. The number of carbonyl (C=O) groups is 1. The van der Waals surface area contributed by atoms with Gasteiger partial charge < -0.3 is 5.32 Å². The second kappa shape index (κ2) is 6.89. The van der Waals surface area contributed by atoms with Crippen LogP contribution in [0.15, 0.2) is 43.0 Å². The lowest BCUT2D eigenvalue weighted by Gasteiger charge is -2.19. The van der Waals surface area contributed by atoms with Crippen LogP contribution in [0, 0.1) is 5.41 Å². The highest BCUT2D eigenvalue weighted by Crippen LogP contribution is 2.20. The predicted octanol–water partition coefficient (Wildman–Crippen LogP) is 2.61. The fraction of sp³-hybridized carbons (Fsp3) is 0.286. The third kappa shape index (κ3) is 6.01. The molecule has 4 nitrogen and oxygen atoms in total. The van der Waals surface area contributed by atoms with Crippen LogP contribution in [0.25, 0.3) is 0 Å². The monoisotopic (exact) mass is 277 g/mol. The van der Waals surface area contributed by atoms with Crippen LogP contribution in [0.5, 0.6) is 0 Å². The third-order valence-corrected chi connectivity index (χ3v) is 2.72. The summed E-state index contributed by atoms with van der Waals surface area (Å²) in [6.45, 7) is 7.59. The van der Waals surface area contributed by atoms with Gasteiger partial charge in [0.2, 0.25) is 5.91 Å². The van der Waals surface area contributed by atoms with E-state index < -0.39 is 0 Å². The summed E-state index contributed by atoms with van der Waals surface area (Å²) in [5.41, 5.74) is 5.84. The standard InChI is InChI=1S/C14H19N3OS/c1-4-14(2,3)10-12(18)16-17-13(19)15-11-8-6-5-7-9-11/h4-9H,1,10H2,2-3H3,(H,16,18)(H2,15,17,19). The van der Waals surface area contributed by atoms with Crippen LogP contribution in [-0.4, -0.2) is 11.0 Å². The van der Waals surface area contributed by atoms with Gasteiger partial charge in [-0.15, -0.1) is 6.58 Å². The number of hydrazine groups is 1. The maximum absolute atomic E-state index is 11.7. The Hall–Kier alpha value is -1.88. The second-order valence-electron chi connectivity index (χ2n) is 4.86. The zero-order valence-corrected chi connectivity index (χ0v) is 12.0. The van der Waals surface area contributed by atoms with E-state index in [1.54, 1.807) is 6.08 Å². The van der Waals surface area contributed by atoms with Crippen molar-refractivity contribution in [2.24, 2.45) is 5.41 Å². The number of benzene rings is 1. The Bertz CT molecular complexity index is 457. The Morgan fingerprint density at radius 1 is 1.32 bits per heavy atom. The average molecular weight is 277 g/mol. The first kappa shape index (κ1) is 15.2. The minimum absolute atomic E-state index is 0.137. The molecule has 1 aromatic rings. The Balaban J connectivity index is 2.35. The predicted molar refractivity (Wildman–Crippen MR) is 82.5 cm³/mol. The molecule has 5 heteroatoms. The number of hydrogen-bond acceptors (Lipinski definition) is 2. The number of nitrogens with one attached hydrogen (secondary N) is 3. The Kier molecular flexibility index (Phi) is 5.51. The summed E-state index contributed by atoms with van der Waals surface area (Å²) in [6.07, 6.45) is 2.10. The topological polar surface area (TPSA) is 53.2 Å². The van der Waals surface area contributed by atoms with Crippen LogP contribution in [0.1, 0.15) is 20.3 Å². The molecule has 0 aliphatic carbocycles. The quantitative estimate of drug-likeness (QED) is 0.450. The molecule has 0 fully saturated rings. The number of allylic oxidation sites excluding steroid dienone is 1. The molecule has 0 aromatic heterocycles. The average Bonchev–Trinajstić information content (AvgIpc) is 2.37. The fourth-order valence-corrected chi connectivity index (χ4v) is 1.51. The molecular formula is C14H19N3OS. The molecule has 0 aliphatic heterocycles. The molecule has 1 rings (SSSR count). The SMILES string of the molecule is C=CC(C)(C)CC(=O)NNC(=S)Nc1ccccc1. The molecule has 0 radical (unpaired) electrons. The minimum Gasteiger partial charge on any atom is -0.331 e. The second-order valence-corrected chi connectivity index (χ2v) is 5.27. The van der Waals surface area contributed by atoms with Crippen molar-refractivity contribution < 1.29 is 4.79 Å². The number of hydrogen-bond donors (Lipinski definition) is 3. The van der Waals surface area contributed by atoms with E-state index in [4.69, 9.17) is 12.2 Å². The summed E-state index contributed by atoms with van der Waals surface area (Å²) in [4.78, 5) is 11.7. The zero-order chi connectivity index (χ0) is 14.3. The number of thiocarbonyl (C=S) groups is 1. The molecule has 102 valence electrons. The van der Waals surface area contributed by atoms with Gasteiger partial charge in [0, 0.05) is 12.1 Å². The lowest BCUT2D eigenvalue weighted by atomic mass is 9.89. The molecule has 3 N–H and O–H groups in total. The lowest BCUT2D eigenvalue weighted by molar-refractivity contribution is -0.123. The first-order valence-electron chi connectivity index (χ1n) is 5.97. The van der Waals surface area contributed by atoms with Crippen molar-refractivity contribution >= 4 is 28.9 Å². The van der Waals surface area contributed by atoms with Crippen molar-refractivity contribution in [1.29, 1.82) is 0 Å². The highest BCUT2D eigenvalue weighted by atomic mass is 32.1. The van der Waals surface area contributed by atoms with Gasteiger partial charge in [-0.3, -0.25) is 15.6 Å². The largest absolute Gasteiger partial charge is 0.331 e. The van der Waals surface area contributed by atoms with Gasteiger partial charge in [-0.2, -0.15) is 0 Å². The molecule has 0 saturated heterocycles. The maximum Gasteiger partial charge on any atom is 0.239 e. The van der Waals surface area contributed by atoms with E-state index in [2.05, 4.69) is 22.7 Å². The molecule has 0 saturated carbocycles. The number of anilines is 1. The van der Waals surface area contributed by atoms with Gasteiger partial charge in [0.1, 0.15) is 0 Å². The summed E-state index contributed by atoms with van der Waals surface area (Å²) < 4.78 is 0. The van der Waals surface area contributed by atoms with Crippen molar-refractivity contribution in [3.05, 3.63) is 43.0 Å². The van der Waals surface area contributed by atoms with Crippen molar-refractivity contribution in [3.8, 4) is 0 Å². The third-order valence-electron chi connectivity index (χ3n) is 2.52. The molecule has 0 spiro atoms. The normalized spacial score (nSPS) is 10.4. The number of carbonyl (C=O) groups excluding carboxylic acids is 1. The van der Waals surface area contributed by atoms with Gasteiger partial charge in [-0.1, -0.05) is 38.1 Å². The fourth-order valence-electron chi connectivity index (χ4n) is 1.34. The first-order valence-corrected chi connectivity index (χ1v) is 6.38. The molecule has 0 atom stereocenters. The smallest absolute Gasteiger partial charge is 0.239 e. The van der Waals surface area contributed by atoms with Gasteiger partial charge in [-0.25, -0.2) is 0 Å². The Morgan fingerprint density at radius 3 is 2.53 bits per heavy atom. The van der Waals surface area contributed by atoms with Crippen LogP contribution in [-0.2, 0) is 4.79 Å². The summed E-state index contributed by atoms with van der Waals surface area (Å²) in [6, 6.07) is 9.49. The molecule has 1 aromatic carbocycles. The summed E-state index contributed by atoms with van der Waals surface area (Å²) in [5.74, 6) is -0.137. The number of rotatable bonds is 4. The van der Waals surface area contributed by atoms with Gasteiger partial charge in [0.05, 0.1) is 0 Å². The van der Waals surface area contributed by atoms with Gasteiger partial charge in [0.25, 0.3) is 0 Å². The van der Waals surface area contributed by atoms with Crippen LogP contribution in [0.4, 0.5) is 5.69 Å². The van der Waals surface area contributed by atoms with E-state index >= 15 is 0 Å². The van der Waals surface area contributed by atoms with Crippen molar-refractivity contribution in [2.45, 2.75) is 20.3 Å². The lowest BCUT2D eigenvalue weighted by Crippen LogP contribution is -2.44. The molecule has 0 unspecified atom stereocenters. The van der Waals surface area contributed by atoms with Crippen LogP contribution < -0.4 is 16.2 Å². The van der Waals surface area contributed by atoms with Crippen molar-refractivity contribution in [1.82, 2.24) is 10.9 Å². The minimum atomic E-state index is -0.236. The molecule has 0 bridgehead atoms. The van der Waals surface area contributed by atoms with E-state index in [-0.39, 0.29) is 11.3 Å². The molecule has 0 heterocycles. The van der Waals surface area contributed by atoms with Crippen LogP contribution in [0.3, 0.4) is 0 Å². The summed E-state index contributed by atoms with van der Waals surface area (Å²) in [7, 11) is 0. The van der Waals surface area contributed by atoms with Crippen LogP contribution >= 0.6 is 12.2 Å². The first-order chi connectivity index (χ1) is 8.93. The Morgan fingerprint density at radius 2 is 1.95 bits per heavy atom. The molecule has 0 aliphatic rings. The van der Waals surface area contributed by atoms with E-state index in [9.17, 15) is 4.79 Å². The van der Waals surface area contributed by atoms with E-state index in [1.807, 2.05) is 44.2 Å². The van der Waals surface area contributed by atoms with Gasteiger partial charge in [0.15, 0.2) is 5.11 Å². The highest BCUT2D eigenvalue weighted by Gasteiger charge is 2.17. The zero-order valence-electron chi connectivity index (χ0n) is 11.2. The molecular weight excluding hydrogens is 258 g/mol. The van der Waals surface area contributed by atoms with Crippen molar-refractivity contribution in [3.63, 3.8) is 0 Å². The highest BCUT2D eigenvalue weighted by molar-refractivity contribution is 7.80. The molecule has 19 heavy (non-hydrogen) atoms.